The number of amides is 2. The quantitative estimate of drug-likeness (QED) is 0.799. The van der Waals surface area contributed by atoms with Crippen LogP contribution in [-0.4, -0.2) is 78.6 Å². The molecule has 0 radical (unpaired) electrons. The molecule has 2 amide bonds. The number of hydrogen-bond donors (Lipinski definition) is 1. The standard InChI is InChI=1S/C20H30N4O4S/c25-19(22-8-2-1-3-9-22)16-7-6-12-24(15-16)29(27,28)17-13-18(21-14-17)20(26)23-10-4-5-11-23/h13-14,16,21H,1-12,15H2. The Bertz CT molecular complexity index is 854. The molecule has 1 aromatic rings. The van der Waals surface area contributed by atoms with Crippen molar-refractivity contribution >= 4 is 21.8 Å². The summed E-state index contributed by atoms with van der Waals surface area (Å²) in [5, 5.41) is 0. The van der Waals surface area contributed by atoms with Crippen molar-refractivity contribution in [2.75, 3.05) is 39.3 Å². The Balaban J connectivity index is 1.45. The molecular weight excluding hydrogens is 392 g/mol. The maximum Gasteiger partial charge on any atom is 0.270 e. The molecule has 0 aliphatic carbocycles. The molecule has 9 heteroatoms. The number of likely N-dealkylation sites (tertiary alicyclic amines) is 2. The first-order valence-corrected chi connectivity index (χ1v) is 12.2. The Hall–Kier alpha value is -1.87. The maximum atomic E-state index is 13.1. The van der Waals surface area contributed by atoms with E-state index in [1.165, 1.54) is 16.6 Å². The van der Waals surface area contributed by atoms with Gasteiger partial charge >= 0.3 is 0 Å². The number of aromatic nitrogens is 1. The van der Waals surface area contributed by atoms with E-state index in [0.29, 0.717) is 31.7 Å². The second kappa shape index (κ2) is 8.47. The predicted molar refractivity (Wildman–Crippen MR) is 108 cm³/mol. The molecule has 8 nitrogen and oxygen atoms in total. The number of carbonyl (C=O) groups is 2. The van der Waals surface area contributed by atoms with Gasteiger partial charge in [-0.1, -0.05) is 0 Å². The van der Waals surface area contributed by atoms with Crippen molar-refractivity contribution in [3.05, 3.63) is 18.0 Å². The van der Waals surface area contributed by atoms with Crippen LogP contribution in [0.4, 0.5) is 0 Å². The average Bonchev–Trinajstić information content (AvgIpc) is 3.46. The lowest BCUT2D eigenvalue weighted by Gasteiger charge is -2.35. The summed E-state index contributed by atoms with van der Waals surface area (Å²) >= 11 is 0. The van der Waals surface area contributed by atoms with E-state index in [-0.39, 0.29) is 29.2 Å². The van der Waals surface area contributed by atoms with Gasteiger partial charge in [0.25, 0.3) is 5.91 Å². The summed E-state index contributed by atoms with van der Waals surface area (Å²) in [4.78, 5) is 32.0. The van der Waals surface area contributed by atoms with Gasteiger partial charge in [-0.15, -0.1) is 0 Å². The summed E-state index contributed by atoms with van der Waals surface area (Å²) in [6.07, 6.45) is 7.97. The van der Waals surface area contributed by atoms with Crippen molar-refractivity contribution in [2.45, 2.75) is 49.8 Å². The third-order valence-corrected chi connectivity index (χ3v) is 8.16. The molecule has 3 aliphatic rings. The van der Waals surface area contributed by atoms with Crippen LogP contribution in [0, 0.1) is 5.92 Å². The molecular formula is C20H30N4O4S. The number of aromatic amines is 1. The Labute approximate surface area is 172 Å². The summed E-state index contributed by atoms with van der Waals surface area (Å²) in [6, 6.07) is 1.44. The van der Waals surface area contributed by atoms with Crippen LogP contribution in [0.15, 0.2) is 17.2 Å². The second-order valence-electron chi connectivity index (χ2n) is 8.34. The van der Waals surface area contributed by atoms with Crippen LogP contribution in [0.25, 0.3) is 0 Å². The highest BCUT2D eigenvalue weighted by molar-refractivity contribution is 7.89. The highest BCUT2D eigenvalue weighted by atomic mass is 32.2. The first-order valence-electron chi connectivity index (χ1n) is 10.7. The van der Waals surface area contributed by atoms with Crippen LogP contribution in [-0.2, 0) is 14.8 Å². The monoisotopic (exact) mass is 422 g/mol. The molecule has 1 N–H and O–H groups in total. The van der Waals surface area contributed by atoms with E-state index in [2.05, 4.69) is 4.98 Å². The fraction of sp³-hybridized carbons (Fsp3) is 0.700. The number of hydrogen-bond acceptors (Lipinski definition) is 4. The molecule has 1 atom stereocenters. The zero-order valence-corrected chi connectivity index (χ0v) is 17.6. The van der Waals surface area contributed by atoms with Crippen molar-refractivity contribution < 1.29 is 18.0 Å². The molecule has 3 aliphatic heterocycles. The molecule has 1 aromatic heterocycles. The van der Waals surface area contributed by atoms with E-state index in [0.717, 1.165) is 51.6 Å². The van der Waals surface area contributed by atoms with Crippen LogP contribution in [0.1, 0.15) is 55.4 Å². The first kappa shape index (κ1) is 20.4. The van der Waals surface area contributed by atoms with Gasteiger partial charge in [0.05, 0.1) is 5.92 Å². The summed E-state index contributed by atoms with van der Waals surface area (Å²) in [5.74, 6) is -0.342. The predicted octanol–water partition coefficient (Wildman–Crippen LogP) is 1.66. The summed E-state index contributed by atoms with van der Waals surface area (Å²) in [6.45, 7) is 3.62. The van der Waals surface area contributed by atoms with Crippen molar-refractivity contribution in [1.29, 1.82) is 0 Å². The summed E-state index contributed by atoms with van der Waals surface area (Å²) in [5.41, 5.74) is 0.309. The Kier molecular flexibility index (Phi) is 5.96. The van der Waals surface area contributed by atoms with Gasteiger partial charge in [-0.25, -0.2) is 8.42 Å². The SMILES string of the molecule is O=C(c1cc(S(=O)(=O)N2CCCC(C(=O)N3CCCCC3)C2)c[nH]1)N1CCCC1. The molecule has 4 heterocycles. The number of sulfonamides is 1. The van der Waals surface area contributed by atoms with Crippen LogP contribution in [0.3, 0.4) is 0 Å². The van der Waals surface area contributed by atoms with Gasteiger partial charge in [0.15, 0.2) is 0 Å². The van der Waals surface area contributed by atoms with E-state index in [4.69, 9.17) is 0 Å². The second-order valence-corrected chi connectivity index (χ2v) is 10.3. The van der Waals surface area contributed by atoms with Gasteiger partial charge in [0, 0.05) is 45.5 Å². The molecule has 0 bridgehead atoms. The highest BCUT2D eigenvalue weighted by Crippen LogP contribution is 2.27. The minimum Gasteiger partial charge on any atom is -0.356 e. The number of nitrogens with zero attached hydrogens (tertiary/aromatic N) is 3. The van der Waals surface area contributed by atoms with E-state index in [1.54, 1.807) is 4.90 Å². The largest absolute Gasteiger partial charge is 0.356 e. The van der Waals surface area contributed by atoms with Crippen LogP contribution >= 0.6 is 0 Å². The van der Waals surface area contributed by atoms with Crippen molar-refractivity contribution in [1.82, 2.24) is 19.1 Å². The van der Waals surface area contributed by atoms with Crippen LogP contribution in [0.2, 0.25) is 0 Å². The number of carbonyl (C=O) groups excluding carboxylic acids is 2. The van der Waals surface area contributed by atoms with E-state index < -0.39 is 10.0 Å². The van der Waals surface area contributed by atoms with Gasteiger partial charge in [0.1, 0.15) is 10.6 Å². The number of H-pyrrole nitrogens is 1. The third-order valence-electron chi connectivity index (χ3n) is 6.32. The van der Waals surface area contributed by atoms with E-state index >= 15 is 0 Å². The minimum absolute atomic E-state index is 0.0866. The molecule has 29 heavy (non-hydrogen) atoms. The fourth-order valence-electron chi connectivity index (χ4n) is 4.62. The maximum absolute atomic E-state index is 13.1. The zero-order valence-electron chi connectivity index (χ0n) is 16.8. The van der Waals surface area contributed by atoms with Crippen molar-refractivity contribution in [3.63, 3.8) is 0 Å². The lowest BCUT2D eigenvalue weighted by molar-refractivity contribution is -0.137. The molecule has 0 spiro atoms. The third kappa shape index (κ3) is 4.21. The normalized spacial score (nSPS) is 24.1. The average molecular weight is 423 g/mol. The number of rotatable bonds is 4. The smallest absolute Gasteiger partial charge is 0.270 e. The number of nitrogens with one attached hydrogen (secondary N) is 1. The highest BCUT2D eigenvalue weighted by Gasteiger charge is 2.36. The van der Waals surface area contributed by atoms with Crippen LogP contribution < -0.4 is 0 Å². The number of piperidine rings is 2. The molecule has 3 saturated heterocycles. The molecule has 0 aromatic carbocycles. The topological polar surface area (TPSA) is 93.8 Å². The van der Waals surface area contributed by atoms with Gasteiger partial charge in [-0.2, -0.15) is 4.31 Å². The van der Waals surface area contributed by atoms with Crippen molar-refractivity contribution in [3.8, 4) is 0 Å². The van der Waals surface area contributed by atoms with Gasteiger partial charge in [-0.05, 0) is 51.0 Å². The zero-order chi connectivity index (χ0) is 20.4. The Morgan fingerprint density at radius 1 is 0.897 bits per heavy atom. The molecule has 4 rings (SSSR count). The fourth-order valence-corrected chi connectivity index (χ4v) is 6.14. The molecule has 0 saturated carbocycles. The van der Waals surface area contributed by atoms with Gasteiger partial charge in [-0.3, -0.25) is 9.59 Å². The molecule has 160 valence electrons. The molecule has 1 unspecified atom stereocenters. The first-order chi connectivity index (χ1) is 14.0. The van der Waals surface area contributed by atoms with Gasteiger partial charge in [0.2, 0.25) is 15.9 Å². The Morgan fingerprint density at radius 2 is 1.55 bits per heavy atom. The minimum atomic E-state index is -3.73. The van der Waals surface area contributed by atoms with E-state index in [1.807, 2.05) is 4.90 Å². The summed E-state index contributed by atoms with van der Waals surface area (Å²) in [7, 11) is -3.73. The van der Waals surface area contributed by atoms with E-state index in [9.17, 15) is 18.0 Å². The van der Waals surface area contributed by atoms with Crippen molar-refractivity contribution in [2.24, 2.45) is 5.92 Å². The van der Waals surface area contributed by atoms with Gasteiger partial charge < -0.3 is 14.8 Å². The lowest BCUT2D eigenvalue weighted by Crippen LogP contribution is -2.47. The van der Waals surface area contributed by atoms with Crippen LogP contribution in [0.5, 0.6) is 0 Å². The lowest BCUT2D eigenvalue weighted by atomic mass is 9.97. The Morgan fingerprint density at radius 3 is 2.28 bits per heavy atom. The summed E-state index contributed by atoms with van der Waals surface area (Å²) < 4.78 is 27.7. The molecule has 3 fully saturated rings.